The molecule has 0 aliphatic carbocycles. The van der Waals surface area contributed by atoms with Crippen LogP contribution < -0.4 is 15.0 Å². The number of amides is 2. The lowest BCUT2D eigenvalue weighted by atomic mass is 10.1. The van der Waals surface area contributed by atoms with Crippen molar-refractivity contribution in [2.24, 2.45) is 0 Å². The molecule has 1 aliphatic rings. The monoisotopic (exact) mass is 392 g/mol. The van der Waals surface area contributed by atoms with Gasteiger partial charge in [0.1, 0.15) is 5.75 Å². The fourth-order valence-electron chi connectivity index (χ4n) is 3.10. The number of carbonyl (C=O) groups excluding carboxylic acids is 2. The van der Waals surface area contributed by atoms with E-state index >= 15 is 0 Å². The van der Waals surface area contributed by atoms with Crippen LogP contribution in [0.5, 0.6) is 5.75 Å². The van der Waals surface area contributed by atoms with E-state index in [1.807, 2.05) is 37.3 Å². The maximum atomic E-state index is 12.3. The van der Waals surface area contributed by atoms with E-state index in [2.05, 4.69) is 15.5 Å². The first-order chi connectivity index (χ1) is 14.2. The second-order valence-electron chi connectivity index (χ2n) is 6.61. The van der Waals surface area contributed by atoms with Crippen molar-refractivity contribution in [1.82, 2.24) is 15.5 Å². The number of benzene rings is 2. The smallest absolute Gasteiger partial charge is 0.316 e. The number of nitrogens with one attached hydrogen (secondary N) is 1. The van der Waals surface area contributed by atoms with E-state index in [1.165, 1.54) is 0 Å². The van der Waals surface area contributed by atoms with Gasteiger partial charge in [-0.25, -0.2) is 0 Å². The normalized spacial score (nSPS) is 13.0. The van der Waals surface area contributed by atoms with Gasteiger partial charge in [-0.15, -0.1) is 0 Å². The van der Waals surface area contributed by atoms with Crippen LogP contribution in [0.4, 0.5) is 5.69 Å². The number of aromatic nitrogens is 2. The lowest BCUT2D eigenvalue weighted by Crippen LogP contribution is -2.39. The maximum Gasteiger partial charge on any atom is 0.316 e. The summed E-state index contributed by atoms with van der Waals surface area (Å²) in [5.41, 5.74) is 2.33. The Hall–Kier alpha value is -3.68. The number of rotatable bonds is 6. The van der Waals surface area contributed by atoms with Gasteiger partial charge in [0.05, 0.1) is 5.69 Å². The van der Waals surface area contributed by atoms with E-state index in [0.717, 1.165) is 17.7 Å². The Bertz CT molecular complexity index is 1030. The van der Waals surface area contributed by atoms with Gasteiger partial charge in [-0.3, -0.25) is 9.59 Å². The number of ether oxygens (including phenoxy) is 1. The molecule has 0 saturated heterocycles. The summed E-state index contributed by atoms with van der Waals surface area (Å²) in [5, 5.41) is 6.65. The standard InChI is InChI=1S/C21H20N4O4/c1-2-10-25-16-9-8-15(11-17(16)28-13-18(25)26)19-23-21(29-24-19)20(27)22-12-14-6-4-3-5-7-14/h3-9,11H,2,10,12-13H2,1H3,(H,22,27). The van der Waals surface area contributed by atoms with E-state index in [4.69, 9.17) is 9.26 Å². The average Bonchev–Trinajstić information content (AvgIpc) is 3.25. The molecule has 1 N–H and O–H groups in total. The van der Waals surface area contributed by atoms with Crippen LogP contribution in [0.2, 0.25) is 0 Å². The molecule has 1 aromatic heterocycles. The van der Waals surface area contributed by atoms with Gasteiger partial charge in [-0.05, 0) is 30.2 Å². The highest BCUT2D eigenvalue weighted by molar-refractivity contribution is 5.98. The minimum absolute atomic E-state index is 0.00413. The van der Waals surface area contributed by atoms with Gasteiger partial charge in [0.25, 0.3) is 5.91 Å². The van der Waals surface area contributed by atoms with Crippen molar-refractivity contribution >= 4 is 17.5 Å². The van der Waals surface area contributed by atoms with Gasteiger partial charge in [0.15, 0.2) is 6.61 Å². The quantitative estimate of drug-likeness (QED) is 0.693. The van der Waals surface area contributed by atoms with E-state index in [0.29, 0.717) is 24.4 Å². The number of nitrogens with zero attached hydrogens (tertiary/aromatic N) is 3. The van der Waals surface area contributed by atoms with E-state index < -0.39 is 5.91 Å². The Morgan fingerprint density at radius 2 is 2.03 bits per heavy atom. The van der Waals surface area contributed by atoms with Gasteiger partial charge >= 0.3 is 11.8 Å². The molecule has 4 rings (SSSR count). The Balaban J connectivity index is 1.49. The van der Waals surface area contributed by atoms with Crippen LogP contribution in [0, 0.1) is 0 Å². The fourth-order valence-corrected chi connectivity index (χ4v) is 3.10. The maximum absolute atomic E-state index is 12.3. The second kappa shape index (κ2) is 8.14. The highest BCUT2D eigenvalue weighted by atomic mass is 16.5. The van der Waals surface area contributed by atoms with Crippen LogP contribution in [0.1, 0.15) is 29.6 Å². The lowest BCUT2D eigenvalue weighted by Gasteiger charge is -2.29. The summed E-state index contributed by atoms with van der Waals surface area (Å²) in [5.74, 6) is 0.235. The molecule has 0 unspecified atom stereocenters. The van der Waals surface area contributed by atoms with Gasteiger partial charge in [-0.2, -0.15) is 4.98 Å². The summed E-state index contributed by atoms with van der Waals surface area (Å²) in [7, 11) is 0. The minimum atomic E-state index is -0.443. The zero-order chi connectivity index (χ0) is 20.2. The van der Waals surface area contributed by atoms with Crippen LogP contribution in [0.3, 0.4) is 0 Å². The van der Waals surface area contributed by atoms with Crippen molar-refractivity contribution in [3.8, 4) is 17.1 Å². The zero-order valence-corrected chi connectivity index (χ0v) is 15.9. The van der Waals surface area contributed by atoms with Crippen molar-refractivity contribution in [3.05, 3.63) is 60.0 Å². The lowest BCUT2D eigenvalue weighted by molar-refractivity contribution is -0.121. The molecular formula is C21H20N4O4. The van der Waals surface area contributed by atoms with Crippen molar-refractivity contribution in [2.75, 3.05) is 18.1 Å². The molecule has 0 bridgehead atoms. The van der Waals surface area contributed by atoms with E-state index in [1.54, 1.807) is 23.1 Å². The molecule has 8 nitrogen and oxygen atoms in total. The molecule has 0 spiro atoms. The predicted octanol–water partition coefficient (Wildman–Crippen LogP) is 2.80. The van der Waals surface area contributed by atoms with Crippen molar-refractivity contribution in [2.45, 2.75) is 19.9 Å². The molecule has 3 aromatic rings. The van der Waals surface area contributed by atoms with Crippen LogP contribution in [0.15, 0.2) is 53.1 Å². The third kappa shape index (κ3) is 3.96. The Labute approximate surface area is 167 Å². The summed E-state index contributed by atoms with van der Waals surface area (Å²) in [4.78, 5) is 30.2. The molecule has 8 heteroatoms. The third-order valence-corrected chi connectivity index (χ3v) is 4.52. The number of fused-ring (bicyclic) bond motifs is 1. The molecule has 0 atom stereocenters. The second-order valence-corrected chi connectivity index (χ2v) is 6.61. The topological polar surface area (TPSA) is 97.6 Å². The Kier molecular flexibility index (Phi) is 5.24. The summed E-state index contributed by atoms with van der Waals surface area (Å²) in [6, 6.07) is 14.9. The van der Waals surface area contributed by atoms with E-state index in [-0.39, 0.29) is 24.2 Å². The summed E-state index contributed by atoms with van der Waals surface area (Å²) in [6.07, 6.45) is 0.846. The average molecular weight is 392 g/mol. The van der Waals surface area contributed by atoms with Gasteiger partial charge in [0, 0.05) is 18.7 Å². The van der Waals surface area contributed by atoms with Crippen LogP contribution in [-0.4, -0.2) is 35.1 Å². The van der Waals surface area contributed by atoms with Crippen molar-refractivity contribution in [1.29, 1.82) is 0 Å². The number of carbonyl (C=O) groups is 2. The Morgan fingerprint density at radius 1 is 1.21 bits per heavy atom. The molecule has 0 radical (unpaired) electrons. The SMILES string of the molecule is CCCN1C(=O)COc2cc(-c3noc(C(=O)NCc4ccccc4)n3)ccc21. The number of hydrogen-bond acceptors (Lipinski definition) is 6. The molecule has 1 aliphatic heterocycles. The fraction of sp³-hybridized carbons (Fsp3) is 0.238. The number of anilines is 1. The van der Waals surface area contributed by atoms with Crippen LogP contribution >= 0.6 is 0 Å². The highest BCUT2D eigenvalue weighted by Gasteiger charge is 2.26. The number of hydrogen-bond donors (Lipinski definition) is 1. The molecule has 148 valence electrons. The van der Waals surface area contributed by atoms with Crippen LogP contribution in [0.25, 0.3) is 11.4 Å². The Morgan fingerprint density at radius 3 is 2.83 bits per heavy atom. The molecule has 0 saturated carbocycles. The van der Waals surface area contributed by atoms with Gasteiger partial charge in [-0.1, -0.05) is 42.4 Å². The highest BCUT2D eigenvalue weighted by Crippen LogP contribution is 2.35. The minimum Gasteiger partial charge on any atom is -0.482 e. The largest absolute Gasteiger partial charge is 0.482 e. The summed E-state index contributed by atoms with van der Waals surface area (Å²) >= 11 is 0. The molecular weight excluding hydrogens is 372 g/mol. The molecule has 0 fully saturated rings. The molecule has 2 amide bonds. The molecule has 2 aromatic carbocycles. The first-order valence-electron chi connectivity index (χ1n) is 9.39. The molecule has 2 heterocycles. The van der Waals surface area contributed by atoms with Crippen LogP contribution in [-0.2, 0) is 11.3 Å². The first kappa shape index (κ1) is 18.7. The third-order valence-electron chi connectivity index (χ3n) is 4.52. The van der Waals surface area contributed by atoms with E-state index in [9.17, 15) is 9.59 Å². The summed E-state index contributed by atoms with van der Waals surface area (Å²) < 4.78 is 10.7. The van der Waals surface area contributed by atoms with Crippen molar-refractivity contribution < 1.29 is 18.8 Å². The first-order valence-corrected chi connectivity index (χ1v) is 9.39. The predicted molar refractivity (Wildman–Crippen MR) is 105 cm³/mol. The van der Waals surface area contributed by atoms with Crippen molar-refractivity contribution in [3.63, 3.8) is 0 Å². The van der Waals surface area contributed by atoms with Gasteiger partial charge < -0.3 is 19.5 Å². The molecule has 29 heavy (non-hydrogen) atoms. The van der Waals surface area contributed by atoms with Gasteiger partial charge in [0.2, 0.25) is 5.82 Å². The summed E-state index contributed by atoms with van der Waals surface area (Å²) in [6.45, 7) is 3.00. The zero-order valence-electron chi connectivity index (χ0n) is 15.9.